The summed E-state index contributed by atoms with van der Waals surface area (Å²) in [5.74, 6) is 0. The maximum Gasteiger partial charge on any atom is 0.0273 e. The Balaban J connectivity index is 1.77. The number of hydrogen-bond donors (Lipinski definition) is 1. The number of nitrogens with zero attached hydrogens (tertiary/aromatic N) is 2. The highest BCUT2D eigenvalue weighted by molar-refractivity contribution is 5.63. The van der Waals surface area contributed by atoms with Crippen LogP contribution in [0, 0.1) is 0 Å². The van der Waals surface area contributed by atoms with Crippen LogP contribution in [0.5, 0.6) is 0 Å². The van der Waals surface area contributed by atoms with Crippen LogP contribution >= 0.6 is 0 Å². The van der Waals surface area contributed by atoms with Crippen LogP contribution in [0.25, 0.3) is 11.1 Å². The molecule has 3 heteroatoms. The van der Waals surface area contributed by atoms with E-state index < -0.39 is 0 Å². The van der Waals surface area contributed by atoms with E-state index in [0.29, 0.717) is 12.1 Å². The molecule has 0 radical (unpaired) electrons. The van der Waals surface area contributed by atoms with Gasteiger partial charge in [0.15, 0.2) is 0 Å². The molecule has 2 heterocycles. The maximum absolute atomic E-state index is 4.09. The summed E-state index contributed by atoms with van der Waals surface area (Å²) >= 11 is 0. The van der Waals surface area contributed by atoms with Crippen molar-refractivity contribution in [1.29, 1.82) is 0 Å². The summed E-state index contributed by atoms with van der Waals surface area (Å²) in [4.78, 5) is 6.65. The molecule has 1 N–H and O–H groups in total. The quantitative estimate of drug-likeness (QED) is 0.937. The van der Waals surface area contributed by atoms with Crippen molar-refractivity contribution in [2.45, 2.75) is 32.5 Å². The predicted octanol–water partition coefficient (Wildman–Crippen LogP) is 2.93. The van der Waals surface area contributed by atoms with Gasteiger partial charge in [-0.3, -0.25) is 9.88 Å². The molecular weight excluding hydrogens is 258 g/mol. The average molecular weight is 281 g/mol. The van der Waals surface area contributed by atoms with Crippen LogP contribution in [-0.4, -0.2) is 35.1 Å². The van der Waals surface area contributed by atoms with Crippen molar-refractivity contribution in [1.82, 2.24) is 15.2 Å². The molecule has 0 saturated carbocycles. The molecule has 0 aliphatic carbocycles. The maximum atomic E-state index is 4.09. The Morgan fingerprint density at radius 1 is 1.14 bits per heavy atom. The zero-order chi connectivity index (χ0) is 14.7. The number of piperazine rings is 1. The van der Waals surface area contributed by atoms with E-state index in [4.69, 9.17) is 0 Å². The molecule has 110 valence electrons. The second-order valence-electron chi connectivity index (χ2n) is 6.02. The molecular formula is C18H23N3. The Hall–Kier alpha value is -1.71. The molecule has 2 aromatic rings. The van der Waals surface area contributed by atoms with E-state index in [9.17, 15) is 0 Å². The van der Waals surface area contributed by atoms with Crippen molar-refractivity contribution >= 4 is 0 Å². The topological polar surface area (TPSA) is 28.2 Å². The molecule has 1 aliphatic heterocycles. The van der Waals surface area contributed by atoms with Crippen molar-refractivity contribution in [2.24, 2.45) is 0 Å². The lowest BCUT2D eigenvalue weighted by Gasteiger charge is -2.37. The van der Waals surface area contributed by atoms with E-state index in [2.05, 4.69) is 65.4 Å². The fourth-order valence-electron chi connectivity index (χ4n) is 2.95. The average Bonchev–Trinajstić information content (AvgIpc) is 2.52. The lowest BCUT2D eigenvalue weighted by molar-refractivity contribution is 0.139. The van der Waals surface area contributed by atoms with Crippen LogP contribution in [0.2, 0.25) is 0 Å². The lowest BCUT2D eigenvalue weighted by atomic mass is 10.0. The largest absolute Gasteiger partial charge is 0.311 e. The van der Waals surface area contributed by atoms with E-state index in [0.717, 1.165) is 19.6 Å². The van der Waals surface area contributed by atoms with Crippen LogP contribution in [0.1, 0.15) is 19.4 Å². The predicted molar refractivity (Wildman–Crippen MR) is 87.0 cm³/mol. The first-order valence-corrected chi connectivity index (χ1v) is 7.69. The van der Waals surface area contributed by atoms with Crippen molar-refractivity contribution < 1.29 is 0 Å². The molecule has 2 atom stereocenters. The number of rotatable bonds is 3. The smallest absolute Gasteiger partial charge is 0.0273 e. The molecule has 2 unspecified atom stereocenters. The molecule has 3 nitrogen and oxygen atoms in total. The molecule has 0 spiro atoms. The lowest BCUT2D eigenvalue weighted by Crippen LogP contribution is -2.53. The molecule has 21 heavy (non-hydrogen) atoms. The number of pyridine rings is 1. The molecule has 1 aliphatic rings. The van der Waals surface area contributed by atoms with Crippen LogP contribution in [0.3, 0.4) is 0 Å². The summed E-state index contributed by atoms with van der Waals surface area (Å²) in [5.41, 5.74) is 3.88. The summed E-state index contributed by atoms with van der Waals surface area (Å²) in [6, 6.07) is 14.1. The highest BCUT2D eigenvalue weighted by Crippen LogP contribution is 2.21. The summed E-state index contributed by atoms with van der Waals surface area (Å²) in [5, 5.41) is 3.54. The fourth-order valence-corrected chi connectivity index (χ4v) is 2.95. The Labute approximate surface area is 127 Å². The van der Waals surface area contributed by atoms with Crippen molar-refractivity contribution in [3.8, 4) is 11.1 Å². The van der Waals surface area contributed by atoms with Crippen molar-refractivity contribution in [3.05, 3.63) is 54.4 Å². The first-order chi connectivity index (χ1) is 10.2. The monoisotopic (exact) mass is 281 g/mol. The Morgan fingerprint density at radius 3 is 2.76 bits per heavy atom. The molecule has 1 saturated heterocycles. The molecule has 0 bridgehead atoms. The van der Waals surface area contributed by atoms with Crippen LogP contribution < -0.4 is 5.32 Å². The normalized spacial score (nSPS) is 23.1. The summed E-state index contributed by atoms with van der Waals surface area (Å²) < 4.78 is 0. The highest BCUT2D eigenvalue weighted by Gasteiger charge is 2.22. The fraction of sp³-hybridized carbons (Fsp3) is 0.389. The first-order valence-electron chi connectivity index (χ1n) is 7.69. The third-order valence-electron chi connectivity index (χ3n) is 4.22. The zero-order valence-corrected chi connectivity index (χ0v) is 12.8. The van der Waals surface area contributed by atoms with Gasteiger partial charge in [-0.05, 0) is 48.7 Å². The zero-order valence-electron chi connectivity index (χ0n) is 12.8. The van der Waals surface area contributed by atoms with Crippen molar-refractivity contribution in [2.75, 3.05) is 13.1 Å². The van der Waals surface area contributed by atoms with E-state index in [1.165, 1.54) is 16.7 Å². The van der Waals surface area contributed by atoms with Gasteiger partial charge in [0.2, 0.25) is 0 Å². The van der Waals surface area contributed by atoms with Gasteiger partial charge >= 0.3 is 0 Å². The van der Waals surface area contributed by atoms with Crippen molar-refractivity contribution in [3.63, 3.8) is 0 Å². The van der Waals surface area contributed by atoms with Crippen LogP contribution in [-0.2, 0) is 6.54 Å². The third kappa shape index (κ3) is 3.49. The van der Waals surface area contributed by atoms with Gasteiger partial charge in [0.25, 0.3) is 0 Å². The van der Waals surface area contributed by atoms with E-state index in [1.807, 2.05) is 12.4 Å². The van der Waals surface area contributed by atoms with Gasteiger partial charge in [0.05, 0.1) is 0 Å². The van der Waals surface area contributed by atoms with E-state index in [-0.39, 0.29) is 0 Å². The standard InChI is InChI=1S/C18H23N3/c1-14-12-21(15(2)11-20-14)13-16-4-3-5-18(10-16)17-6-8-19-9-7-17/h3-10,14-15,20H,11-13H2,1-2H3. The van der Waals surface area contributed by atoms with Gasteiger partial charge < -0.3 is 5.32 Å². The molecule has 1 fully saturated rings. The first kappa shape index (κ1) is 14.2. The number of hydrogen-bond acceptors (Lipinski definition) is 3. The Morgan fingerprint density at radius 2 is 1.95 bits per heavy atom. The second-order valence-corrected chi connectivity index (χ2v) is 6.02. The summed E-state index contributed by atoms with van der Waals surface area (Å²) in [6.45, 7) is 7.76. The minimum absolute atomic E-state index is 0.574. The van der Waals surface area contributed by atoms with Gasteiger partial charge in [-0.2, -0.15) is 0 Å². The van der Waals surface area contributed by atoms with Gasteiger partial charge in [-0.15, -0.1) is 0 Å². The number of aromatic nitrogens is 1. The summed E-state index contributed by atoms with van der Waals surface area (Å²) in [7, 11) is 0. The van der Waals surface area contributed by atoms with Gasteiger partial charge in [-0.1, -0.05) is 18.2 Å². The van der Waals surface area contributed by atoms with E-state index in [1.54, 1.807) is 0 Å². The minimum Gasteiger partial charge on any atom is -0.311 e. The second kappa shape index (κ2) is 6.37. The minimum atomic E-state index is 0.574. The van der Waals surface area contributed by atoms with Gasteiger partial charge in [0.1, 0.15) is 0 Å². The molecule has 1 aromatic heterocycles. The molecule has 3 rings (SSSR count). The van der Waals surface area contributed by atoms with Gasteiger partial charge in [0, 0.05) is 44.1 Å². The van der Waals surface area contributed by atoms with Crippen LogP contribution in [0.4, 0.5) is 0 Å². The molecule has 0 amide bonds. The van der Waals surface area contributed by atoms with Crippen LogP contribution in [0.15, 0.2) is 48.8 Å². The van der Waals surface area contributed by atoms with Gasteiger partial charge in [-0.25, -0.2) is 0 Å². The highest BCUT2D eigenvalue weighted by atomic mass is 15.2. The number of nitrogens with one attached hydrogen (secondary N) is 1. The SMILES string of the molecule is CC1CN(Cc2cccc(-c3ccncc3)c2)C(C)CN1. The van der Waals surface area contributed by atoms with E-state index >= 15 is 0 Å². The summed E-state index contributed by atoms with van der Waals surface area (Å²) in [6.07, 6.45) is 3.70. The molecule has 1 aromatic carbocycles. The third-order valence-corrected chi connectivity index (χ3v) is 4.22. The Kier molecular flexibility index (Phi) is 4.32. The number of benzene rings is 1. The Bertz CT molecular complexity index is 582.